The first kappa shape index (κ1) is 17.4. The van der Waals surface area contributed by atoms with Crippen LogP contribution in [0.3, 0.4) is 0 Å². The molecule has 1 heterocycles. The van der Waals surface area contributed by atoms with Crippen molar-refractivity contribution in [3.63, 3.8) is 0 Å². The van der Waals surface area contributed by atoms with Crippen LogP contribution >= 0.6 is 0 Å². The number of ether oxygens (including phenoxy) is 1. The molecule has 2 aromatic rings. The molecule has 0 radical (unpaired) electrons. The van der Waals surface area contributed by atoms with Crippen molar-refractivity contribution >= 4 is 11.6 Å². The predicted molar refractivity (Wildman–Crippen MR) is 91.6 cm³/mol. The highest BCUT2D eigenvalue weighted by atomic mass is 19.1. The SMILES string of the molecule is CN(Cc1ccccc1N1CCOCC1)C(=O)c1cc(F)cc(F)c1. The summed E-state index contributed by atoms with van der Waals surface area (Å²) in [5.41, 5.74) is 2.04. The first-order valence-electron chi connectivity index (χ1n) is 8.17. The Labute approximate surface area is 145 Å². The lowest BCUT2D eigenvalue weighted by Crippen LogP contribution is -2.37. The van der Waals surface area contributed by atoms with Crippen LogP contribution in [0, 0.1) is 11.6 Å². The Morgan fingerprint density at radius 3 is 2.44 bits per heavy atom. The second-order valence-electron chi connectivity index (χ2n) is 6.05. The zero-order valence-corrected chi connectivity index (χ0v) is 14.0. The summed E-state index contributed by atoms with van der Waals surface area (Å²) in [6, 6.07) is 10.7. The first-order chi connectivity index (χ1) is 12.0. The fraction of sp³-hybridized carbons (Fsp3) is 0.316. The van der Waals surface area contributed by atoms with Crippen molar-refractivity contribution in [3.05, 3.63) is 65.2 Å². The summed E-state index contributed by atoms with van der Waals surface area (Å²) < 4.78 is 32.1. The van der Waals surface area contributed by atoms with Crippen LogP contribution in [0.5, 0.6) is 0 Å². The molecule has 3 rings (SSSR count). The van der Waals surface area contributed by atoms with Crippen LogP contribution in [0.25, 0.3) is 0 Å². The molecule has 6 heteroatoms. The molecular weight excluding hydrogens is 326 g/mol. The van der Waals surface area contributed by atoms with Gasteiger partial charge in [-0.15, -0.1) is 0 Å². The van der Waals surface area contributed by atoms with Crippen LogP contribution in [0.4, 0.5) is 14.5 Å². The number of carbonyl (C=O) groups excluding carboxylic acids is 1. The van der Waals surface area contributed by atoms with Gasteiger partial charge in [0.2, 0.25) is 0 Å². The summed E-state index contributed by atoms with van der Waals surface area (Å²) in [7, 11) is 1.63. The lowest BCUT2D eigenvalue weighted by Gasteiger charge is -2.31. The maximum Gasteiger partial charge on any atom is 0.254 e. The minimum Gasteiger partial charge on any atom is -0.378 e. The third-order valence-electron chi connectivity index (χ3n) is 4.21. The Morgan fingerprint density at radius 2 is 1.76 bits per heavy atom. The summed E-state index contributed by atoms with van der Waals surface area (Å²) in [6.07, 6.45) is 0. The van der Waals surface area contributed by atoms with Crippen molar-refractivity contribution in [3.8, 4) is 0 Å². The Morgan fingerprint density at radius 1 is 1.12 bits per heavy atom. The molecular formula is C19H20F2N2O2. The molecule has 0 N–H and O–H groups in total. The zero-order valence-electron chi connectivity index (χ0n) is 14.0. The number of nitrogens with zero attached hydrogens (tertiary/aromatic N) is 2. The number of carbonyl (C=O) groups is 1. The molecule has 0 aliphatic carbocycles. The number of para-hydroxylation sites is 1. The minimum absolute atomic E-state index is 0.00357. The molecule has 1 amide bonds. The molecule has 1 aliphatic rings. The molecule has 0 unspecified atom stereocenters. The van der Waals surface area contributed by atoms with E-state index in [1.54, 1.807) is 7.05 Å². The summed E-state index contributed by atoms with van der Waals surface area (Å²) in [5.74, 6) is -1.94. The van der Waals surface area contributed by atoms with Gasteiger partial charge in [0.25, 0.3) is 5.91 Å². The highest BCUT2D eigenvalue weighted by molar-refractivity contribution is 5.94. The number of rotatable bonds is 4. The maximum absolute atomic E-state index is 13.4. The van der Waals surface area contributed by atoms with E-state index in [1.807, 2.05) is 24.3 Å². The number of amides is 1. The number of morpholine rings is 1. The monoisotopic (exact) mass is 346 g/mol. The molecule has 0 bridgehead atoms. The van der Waals surface area contributed by atoms with E-state index in [1.165, 1.54) is 4.90 Å². The molecule has 0 saturated carbocycles. The highest BCUT2D eigenvalue weighted by Gasteiger charge is 2.18. The Bertz CT molecular complexity index is 741. The molecule has 25 heavy (non-hydrogen) atoms. The van der Waals surface area contributed by atoms with Gasteiger partial charge in [-0.25, -0.2) is 8.78 Å². The fourth-order valence-electron chi connectivity index (χ4n) is 2.98. The van der Waals surface area contributed by atoms with Gasteiger partial charge in [-0.1, -0.05) is 18.2 Å². The predicted octanol–water partition coefficient (Wildman–Crippen LogP) is 3.07. The second-order valence-corrected chi connectivity index (χ2v) is 6.05. The van der Waals surface area contributed by atoms with Crippen LogP contribution in [0.2, 0.25) is 0 Å². The summed E-state index contributed by atoms with van der Waals surface area (Å²) in [6.45, 7) is 3.29. The molecule has 4 nitrogen and oxygen atoms in total. The zero-order chi connectivity index (χ0) is 17.8. The molecule has 1 fully saturated rings. The standard InChI is InChI=1S/C19H20F2N2O2/c1-22(19(24)15-10-16(20)12-17(21)11-15)13-14-4-2-3-5-18(14)23-6-8-25-9-7-23/h2-5,10-12H,6-9,13H2,1H3. The van der Waals surface area contributed by atoms with Crippen molar-refractivity contribution in [2.45, 2.75) is 6.54 Å². The van der Waals surface area contributed by atoms with Crippen LogP contribution in [0.15, 0.2) is 42.5 Å². The molecule has 0 aromatic heterocycles. The highest BCUT2D eigenvalue weighted by Crippen LogP contribution is 2.23. The molecule has 132 valence electrons. The molecule has 2 aromatic carbocycles. The average molecular weight is 346 g/mol. The molecule has 0 spiro atoms. The van der Waals surface area contributed by atoms with Gasteiger partial charge >= 0.3 is 0 Å². The van der Waals surface area contributed by atoms with Crippen LogP contribution in [-0.2, 0) is 11.3 Å². The van der Waals surface area contributed by atoms with Crippen LogP contribution in [-0.4, -0.2) is 44.2 Å². The Hall–Kier alpha value is -2.47. The van der Waals surface area contributed by atoms with E-state index in [0.29, 0.717) is 19.8 Å². The van der Waals surface area contributed by atoms with E-state index in [2.05, 4.69) is 4.90 Å². The van der Waals surface area contributed by atoms with Crippen LogP contribution < -0.4 is 4.90 Å². The number of hydrogen-bond acceptors (Lipinski definition) is 3. The van der Waals surface area contributed by atoms with E-state index < -0.39 is 17.5 Å². The van der Waals surface area contributed by atoms with Crippen molar-refractivity contribution in [2.24, 2.45) is 0 Å². The van der Waals surface area contributed by atoms with Gasteiger partial charge in [-0.2, -0.15) is 0 Å². The van der Waals surface area contributed by atoms with E-state index in [9.17, 15) is 13.6 Å². The fourth-order valence-corrected chi connectivity index (χ4v) is 2.98. The number of anilines is 1. The van der Waals surface area contributed by atoms with Crippen molar-refractivity contribution < 1.29 is 18.3 Å². The van der Waals surface area contributed by atoms with E-state index >= 15 is 0 Å². The molecule has 1 aliphatic heterocycles. The molecule has 1 saturated heterocycles. The number of halogens is 2. The third kappa shape index (κ3) is 4.14. The number of benzene rings is 2. The second kappa shape index (κ2) is 7.61. The van der Waals surface area contributed by atoms with Gasteiger partial charge in [0.1, 0.15) is 11.6 Å². The summed E-state index contributed by atoms with van der Waals surface area (Å²) in [4.78, 5) is 16.2. The Balaban J connectivity index is 1.78. The minimum atomic E-state index is -0.759. The van der Waals surface area contributed by atoms with Crippen LogP contribution in [0.1, 0.15) is 15.9 Å². The summed E-state index contributed by atoms with van der Waals surface area (Å²) >= 11 is 0. The quantitative estimate of drug-likeness (QED) is 0.853. The van der Waals surface area contributed by atoms with Gasteiger partial charge in [0, 0.05) is 44.0 Å². The molecule has 0 atom stereocenters. The van der Waals surface area contributed by atoms with Crippen molar-refractivity contribution in [2.75, 3.05) is 38.3 Å². The lowest BCUT2D eigenvalue weighted by molar-refractivity contribution is 0.0784. The van der Waals surface area contributed by atoms with Gasteiger partial charge in [0.05, 0.1) is 13.2 Å². The normalized spacial score (nSPS) is 14.4. The summed E-state index contributed by atoms with van der Waals surface area (Å²) in [5, 5.41) is 0. The average Bonchev–Trinajstić information content (AvgIpc) is 2.61. The van der Waals surface area contributed by atoms with Gasteiger partial charge in [0.15, 0.2) is 0 Å². The smallest absolute Gasteiger partial charge is 0.254 e. The number of hydrogen-bond donors (Lipinski definition) is 0. The largest absolute Gasteiger partial charge is 0.378 e. The van der Waals surface area contributed by atoms with Crippen molar-refractivity contribution in [1.82, 2.24) is 4.90 Å². The Kier molecular flexibility index (Phi) is 5.28. The van der Waals surface area contributed by atoms with E-state index in [0.717, 1.165) is 42.5 Å². The van der Waals surface area contributed by atoms with Crippen molar-refractivity contribution in [1.29, 1.82) is 0 Å². The third-order valence-corrected chi connectivity index (χ3v) is 4.21. The first-order valence-corrected chi connectivity index (χ1v) is 8.17. The van der Waals surface area contributed by atoms with E-state index in [4.69, 9.17) is 4.74 Å². The lowest BCUT2D eigenvalue weighted by atomic mass is 10.1. The van der Waals surface area contributed by atoms with Gasteiger partial charge in [-0.05, 0) is 23.8 Å². The van der Waals surface area contributed by atoms with Gasteiger partial charge in [-0.3, -0.25) is 4.79 Å². The van der Waals surface area contributed by atoms with E-state index in [-0.39, 0.29) is 5.56 Å². The van der Waals surface area contributed by atoms with Gasteiger partial charge < -0.3 is 14.5 Å². The maximum atomic E-state index is 13.4. The topological polar surface area (TPSA) is 32.8 Å².